The summed E-state index contributed by atoms with van der Waals surface area (Å²) in [4.78, 5) is 29.0. The molecular formula is C19H21N3O3. The third-order valence-corrected chi connectivity index (χ3v) is 4.17. The molecular weight excluding hydrogens is 318 g/mol. The van der Waals surface area contributed by atoms with E-state index in [4.69, 9.17) is 4.42 Å². The summed E-state index contributed by atoms with van der Waals surface area (Å²) in [6, 6.07) is 6.92. The van der Waals surface area contributed by atoms with Crippen molar-refractivity contribution >= 4 is 17.9 Å². The Labute approximate surface area is 146 Å². The number of furan rings is 1. The van der Waals surface area contributed by atoms with Crippen molar-refractivity contribution in [3.8, 4) is 0 Å². The average Bonchev–Trinajstić information content (AvgIpc) is 3.18. The van der Waals surface area contributed by atoms with E-state index in [0.717, 1.165) is 31.2 Å². The standard InChI is InChI=1S/C19H21N3O3/c23-18(21-15-7-2-1-3-8-15)16(12-14-6-4-10-20-13-14)22-19(24)17-9-5-11-25-17/h4-6,9-13,15H,1-3,7-8H2,(H,21,23)(H,22,24)/b16-12-. The van der Waals surface area contributed by atoms with Crippen molar-refractivity contribution in [1.82, 2.24) is 15.6 Å². The first kappa shape index (κ1) is 17.0. The molecule has 1 aliphatic rings. The van der Waals surface area contributed by atoms with E-state index in [-0.39, 0.29) is 23.4 Å². The maximum absolute atomic E-state index is 12.7. The number of rotatable bonds is 5. The normalized spacial score (nSPS) is 15.6. The highest BCUT2D eigenvalue weighted by atomic mass is 16.3. The lowest BCUT2D eigenvalue weighted by molar-refractivity contribution is -0.118. The van der Waals surface area contributed by atoms with Crippen LogP contribution in [0, 0.1) is 0 Å². The number of aromatic nitrogens is 1. The van der Waals surface area contributed by atoms with Crippen molar-refractivity contribution in [2.75, 3.05) is 0 Å². The Hall–Kier alpha value is -2.89. The minimum Gasteiger partial charge on any atom is -0.459 e. The zero-order valence-electron chi connectivity index (χ0n) is 13.9. The van der Waals surface area contributed by atoms with E-state index in [1.165, 1.54) is 12.7 Å². The molecule has 0 unspecified atom stereocenters. The highest BCUT2D eigenvalue weighted by Crippen LogP contribution is 2.18. The highest BCUT2D eigenvalue weighted by Gasteiger charge is 2.20. The van der Waals surface area contributed by atoms with Gasteiger partial charge in [-0.15, -0.1) is 0 Å². The van der Waals surface area contributed by atoms with Crippen LogP contribution in [0.4, 0.5) is 0 Å². The predicted octanol–water partition coefficient (Wildman–Crippen LogP) is 2.89. The van der Waals surface area contributed by atoms with Gasteiger partial charge in [-0.3, -0.25) is 14.6 Å². The fraction of sp³-hybridized carbons (Fsp3) is 0.316. The van der Waals surface area contributed by atoms with Gasteiger partial charge in [0.1, 0.15) is 5.70 Å². The van der Waals surface area contributed by atoms with Crippen LogP contribution in [0.15, 0.2) is 53.0 Å². The summed E-state index contributed by atoms with van der Waals surface area (Å²) < 4.78 is 5.09. The second kappa shape index (κ2) is 8.28. The second-order valence-electron chi connectivity index (χ2n) is 6.08. The van der Waals surface area contributed by atoms with Crippen LogP contribution in [0.25, 0.3) is 6.08 Å². The fourth-order valence-corrected chi connectivity index (χ4v) is 2.89. The minimum atomic E-state index is -0.459. The van der Waals surface area contributed by atoms with Crippen LogP contribution in [0.5, 0.6) is 0 Å². The van der Waals surface area contributed by atoms with E-state index in [2.05, 4.69) is 15.6 Å². The summed E-state index contributed by atoms with van der Waals surface area (Å²) in [6.45, 7) is 0. The molecule has 0 bridgehead atoms. The van der Waals surface area contributed by atoms with E-state index >= 15 is 0 Å². The molecule has 130 valence electrons. The molecule has 0 spiro atoms. The van der Waals surface area contributed by atoms with Gasteiger partial charge in [-0.05, 0) is 42.7 Å². The van der Waals surface area contributed by atoms with Crippen molar-refractivity contribution in [2.45, 2.75) is 38.1 Å². The summed E-state index contributed by atoms with van der Waals surface area (Å²) in [5.74, 6) is -0.600. The Morgan fingerprint density at radius 2 is 2.00 bits per heavy atom. The summed E-state index contributed by atoms with van der Waals surface area (Å²) in [5, 5.41) is 5.66. The van der Waals surface area contributed by atoms with E-state index in [1.54, 1.807) is 36.7 Å². The molecule has 2 N–H and O–H groups in total. The van der Waals surface area contributed by atoms with Crippen LogP contribution in [0.3, 0.4) is 0 Å². The third kappa shape index (κ3) is 4.79. The molecule has 2 aromatic rings. The fourth-order valence-electron chi connectivity index (χ4n) is 2.89. The summed E-state index contributed by atoms with van der Waals surface area (Å²) in [7, 11) is 0. The third-order valence-electron chi connectivity index (χ3n) is 4.17. The molecule has 0 aromatic carbocycles. The molecule has 1 fully saturated rings. The Morgan fingerprint density at radius 3 is 2.68 bits per heavy atom. The molecule has 2 amide bonds. The van der Waals surface area contributed by atoms with Gasteiger partial charge in [0.2, 0.25) is 0 Å². The maximum Gasteiger partial charge on any atom is 0.291 e. The Balaban J connectivity index is 1.77. The lowest BCUT2D eigenvalue weighted by Gasteiger charge is -2.23. The molecule has 0 radical (unpaired) electrons. The van der Waals surface area contributed by atoms with Crippen LogP contribution >= 0.6 is 0 Å². The number of carbonyl (C=O) groups excluding carboxylic acids is 2. The van der Waals surface area contributed by atoms with Crippen LogP contribution in [0.1, 0.15) is 48.2 Å². The largest absolute Gasteiger partial charge is 0.459 e. The summed E-state index contributed by atoms with van der Waals surface area (Å²) >= 11 is 0. The molecule has 0 aliphatic heterocycles. The van der Waals surface area contributed by atoms with E-state index in [1.807, 2.05) is 6.07 Å². The van der Waals surface area contributed by atoms with E-state index in [0.29, 0.717) is 0 Å². The van der Waals surface area contributed by atoms with Gasteiger partial charge >= 0.3 is 0 Å². The van der Waals surface area contributed by atoms with Crippen LogP contribution in [-0.4, -0.2) is 22.8 Å². The van der Waals surface area contributed by atoms with Gasteiger partial charge in [-0.25, -0.2) is 0 Å². The first-order chi connectivity index (χ1) is 12.2. The van der Waals surface area contributed by atoms with Crippen molar-refractivity contribution < 1.29 is 14.0 Å². The van der Waals surface area contributed by atoms with Crippen molar-refractivity contribution in [3.05, 3.63) is 59.9 Å². The summed E-state index contributed by atoms with van der Waals surface area (Å²) in [5.41, 5.74) is 0.913. The lowest BCUT2D eigenvalue weighted by Crippen LogP contribution is -2.41. The predicted molar refractivity (Wildman–Crippen MR) is 93.4 cm³/mol. The average molecular weight is 339 g/mol. The van der Waals surface area contributed by atoms with Gasteiger partial charge < -0.3 is 15.1 Å². The highest BCUT2D eigenvalue weighted by molar-refractivity contribution is 6.04. The smallest absolute Gasteiger partial charge is 0.291 e. The van der Waals surface area contributed by atoms with Crippen LogP contribution in [0.2, 0.25) is 0 Å². The molecule has 25 heavy (non-hydrogen) atoms. The van der Waals surface area contributed by atoms with Crippen LogP contribution in [-0.2, 0) is 4.79 Å². The van der Waals surface area contributed by atoms with Gasteiger partial charge in [0.25, 0.3) is 11.8 Å². The Morgan fingerprint density at radius 1 is 1.16 bits per heavy atom. The first-order valence-corrected chi connectivity index (χ1v) is 8.50. The monoisotopic (exact) mass is 339 g/mol. The lowest BCUT2D eigenvalue weighted by atomic mass is 9.95. The number of pyridine rings is 1. The van der Waals surface area contributed by atoms with Crippen molar-refractivity contribution in [3.63, 3.8) is 0 Å². The molecule has 1 aliphatic carbocycles. The molecule has 6 nitrogen and oxygen atoms in total. The molecule has 6 heteroatoms. The zero-order valence-corrected chi connectivity index (χ0v) is 13.9. The molecule has 1 saturated carbocycles. The van der Waals surface area contributed by atoms with Gasteiger partial charge in [0, 0.05) is 18.4 Å². The first-order valence-electron chi connectivity index (χ1n) is 8.50. The molecule has 2 aromatic heterocycles. The number of nitrogens with one attached hydrogen (secondary N) is 2. The molecule has 3 rings (SSSR count). The van der Waals surface area contributed by atoms with Crippen molar-refractivity contribution in [1.29, 1.82) is 0 Å². The molecule has 0 atom stereocenters. The Kier molecular flexibility index (Phi) is 5.61. The topological polar surface area (TPSA) is 84.2 Å². The number of amides is 2. The number of carbonyl (C=O) groups is 2. The van der Waals surface area contributed by atoms with Gasteiger partial charge in [-0.2, -0.15) is 0 Å². The Bertz CT molecular complexity index is 733. The molecule has 2 heterocycles. The minimum absolute atomic E-state index is 0.152. The van der Waals surface area contributed by atoms with Gasteiger partial charge in [-0.1, -0.05) is 25.3 Å². The van der Waals surface area contributed by atoms with Crippen molar-refractivity contribution in [2.24, 2.45) is 0 Å². The summed E-state index contributed by atoms with van der Waals surface area (Å²) in [6.07, 6.45) is 11.7. The SMILES string of the molecule is O=C(NC1CCCCC1)/C(=C/c1cccnc1)NC(=O)c1ccco1. The van der Waals surface area contributed by atoms with Crippen LogP contribution < -0.4 is 10.6 Å². The van der Waals surface area contributed by atoms with E-state index < -0.39 is 5.91 Å². The number of hydrogen-bond acceptors (Lipinski definition) is 4. The van der Waals surface area contributed by atoms with E-state index in [9.17, 15) is 9.59 Å². The second-order valence-corrected chi connectivity index (χ2v) is 6.08. The number of hydrogen-bond donors (Lipinski definition) is 2. The molecule has 0 saturated heterocycles. The van der Waals surface area contributed by atoms with Gasteiger partial charge in [0.15, 0.2) is 5.76 Å². The quantitative estimate of drug-likeness (QED) is 0.820. The zero-order chi connectivity index (χ0) is 17.5. The maximum atomic E-state index is 12.7. The number of nitrogens with zero attached hydrogens (tertiary/aromatic N) is 1. The van der Waals surface area contributed by atoms with Gasteiger partial charge in [0.05, 0.1) is 6.26 Å².